The molecule has 0 aliphatic heterocycles. The van der Waals surface area contributed by atoms with Gasteiger partial charge in [-0.2, -0.15) is 5.11 Å². The number of hydrogen-bond donors (Lipinski definition) is 1. The van der Waals surface area contributed by atoms with Crippen LogP contribution < -0.4 is 5.32 Å². The highest BCUT2D eigenvalue weighted by molar-refractivity contribution is 6.02. The summed E-state index contributed by atoms with van der Waals surface area (Å²) in [4.78, 5) is 0. The molecule has 1 fully saturated rings. The first-order chi connectivity index (χ1) is 29.5. The maximum Gasteiger partial charge on any atom is 0.0936 e. The predicted molar refractivity (Wildman–Crippen MR) is 250 cm³/mol. The van der Waals surface area contributed by atoms with Crippen LogP contribution in [-0.4, -0.2) is 6.04 Å². The molecule has 9 rings (SSSR count). The normalized spacial score (nSPS) is 16.4. The molecule has 1 unspecified atom stereocenters. The third kappa shape index (κ3) is 8.34. The van der Waals surface area contributed by atoms with Crippen molar-refractivity contribution in [2.45, 2.75) is 64.8 Å². The van der Waals surface area contributed by atoms with Crippen LogP contribution in [0.1, 0.15) is 64.4 Å². The Bertz CT molecular complexity index is 2870. The van der Waals surface area contributed by atoms with E-state index >= 15 is 0 Å². The first-order valence-electron chi connectivity index (χ1n) is 21.3. The van der Waals surface area contributed by atoms with Crippen LogP contribution >= 0.6 is 0 Å². The molecule has 7 heteroatoms. The van der Waals surface area contributed by atoms with Crippen molar-refractivity contribution < 1.29 is 0 Å². The fourth-order valence-corrected chi connectivity index (χ4v) is 8.34. The molecular formula is C53H49N7. The third-order valence-corrected chi connectivity index (χ3v) is 12.1. The van der Waals surface area contributed by atoms with Gasteiger partial charge in [0.15, 0.2) is 0 Å². The second-order valence-corrected chi connectivity index (χ2v) is 16.2. The Kier molecular flexibility index (Phi) is 11.3. The van der Waals surface area contributed by atoms with Gasteiger partial charge in [-0.15, -0.1) is 25.6 Å². The highest BCUT2D eigenvalue weighted by atomic mass is 15.1. The summed E-state index contributed by atoms with van der Waals surface area (Å²) in [6, 6.07) is 54.4. The number of fused-ring (bicyclic) bond motifs is 3. The van der Waals surface area contributed by atoms with Crippen LogP contribution in [0.25, 0.3) is 43.4 Å². The Morgan fingerprint density at radius 2 is 0.833 bits per heavy atom. The van der Waals surface area contributed by atoms with E-state index in [1.54, 1.807) is 0 Å². The lowest BCUT2D eigenvalue weighted by Crippen LogP contribution is -2.13. The summed E-state index contributed by atoms with van der Waals surface area (Å²) in [7, 11) is 0. The van der Waals surface area contributed by atoms with Gasteiger partial charge in [-0.3, -0.25) is 0 Å². The molecule has 0 radical (unpaired) electrons. The van der Waals surface area contributed by atoms with E-state index < -0.39 is 0 Å². The van der Waals surface area contributed by atoms with Gasteiger partial charge in [0, 0.05) is 44.0 Å². The molecule has 0 aromatic heterocycles. The number of hydrogen-bond acceptors (Lipinski definition) is 7. The van der Waals surface area contributed by atoms with Crippen LogP contribution in [0.15, 0.2) is 188 Å². The molecule has 0 spiro atoms. The zero-order valence-corrected chi connectivity index (χ0v) is 34.5. The highest BCUT2D eigenvalue weighted by Gasteiger charge is 2.19. The van der Waals surface area contributed by atoms with Gasteiger partial charge in [0.05, 0.1) is 34.1 Å². The molecule has 60 heavy (non-hydrogen) atoms. The first-order valence-corrected chi connectivity index (χ1v) is 21.3. The lowest BCUT2D eigenvalue weighted by molar-refractivity contribution is 0.348. The van der Waals surface area contributed by atoms with Crippen molar-refractivity contribution >= 4 is 72.1 Å². The minimum atomic E-state index is 0.372. The van der Waals surface area contributed by atoms with Gasteiger partial charge in [0.25, 0.3) is 0 Å². The Morgan fingerprint density at radius 3 is 1.28 bits per heavy atom. The predicted octanol–water partition coefficient (Wildman–Crippen LogP) is 17.6. The average Bonchev–Trinajstić information content (AvgIpc) is 3.30. The van der Waals surface area contributed by atoms with Gasteiger partial charge < -0.3 is 5.32 Å². The summed E-state index contributed by atoms with van der Waals surface area (Å²) < 4.78 is 0. The van der Waals surface area contributed by atoms with Gasteiger partial charge in [0.2, 0.25) is 0 Å². The molecule has 0 saturated heterocycles. The van der Waals surface area contributed by atoms with Gasteiger partial charge in [-0.05, 0) is 103 Å². The molecule has 7 nitrogen and oxygen atoms in total. The van der Waals surface area contributed by atoms with Crippen LogP contribution in [0.2, 0.25) is 0 Å². The topological polar surface area (TPSA) is 86.2 Å². The quantitative estimate of drug-likeness (QED) is 0.130. The number of anilines is 1. The van der Waals surface area contributed by atoms with E-state index in [2.05, 4.69) is 116 Å². The van der Waals surface area contributed by atoms with E-state index in [1.165, 1.54) is 42.4 Å². The Labute approximate surface area is 352 Å². The van der Waals surface area contributed by atoms with E-state index in [0.29, 0.717) is 12.0 Å². The molecule has 0 heterocycles. The van der Waals surface area contributed by atoms with Crippen molar-refractivity contribution in [1.82, 2.24) is 0 Å². The third-order valence-electron chi connectivity index (χ3n) is 12.1. The van der Waals surface area contributed by atoms with Crippen LogP contribution in [-0.2, 0) is 0 Å². The van der Waals surface area contributed by atoms with E-state index in [4.69, 9.17) is 25.6 Å². The van der Waals surface area contributed by atoms with Crippen molar-refractivity contribution in [3.8, 4) is 11.1 Å². The smallest absolute Gasteiger partial charge is 0.0936 e. The minimum Gasteiger partial charge on any atom is -0.382 e. The zero-order valence-electron chi connectivity index (χ0n) is 34.5. The lowest BCUT2D eigenvalue weighted by Gasteiger charge is -2.26. The van der Waals surface area contributed by atoms with E-state index in [-0.39, 0.29) is 0 Å². The molecule has 0 bridgehead atoms. The van der Waals surface area contributed by atoms with E-state index in [9.17, 15) is 0 Å². The van der Waals surface area contributed by atoms with E-state index in [1.807, 2.05) is 72.8 Å². The number of azo groups is 3. The summed E-state index contributed by atoms with van der Waals surface area (Å²) >= 11 is 0. The van der Waals surface area contributed by atoms with Gasteiger partial charge >= 0.3 is 0 Å². The Balaban J connectivity index is 0.928. The van der Waals surface area contributed by atoms with Crippen molar-refractivity contribution in [1.29, 1.82) is 0 Å². The van der Waals surface area contributed by atoms with Gasteiger partial charge in [-0.1, -0.05) is 136 Å². The Morgan fingerprint density at radius 1 is 0.450 bits per heavy atom. The highest BCUT2D eigenvalue weighted by Crippen LogP contribution is 2.40. The number of benzene rings is 8. The summed E-state index contributed by atoms with van der Waals surface area (Å²) in [6.07, 6.45) is 6.32. The monoisotopic (exact) mass is 783 g/mol. The molecule has 8 aromatic carbocycles. The summed E-state index contributed by atoms with van der Waals surface area (Å²) in [5.74, 6) is 1.56. The number of rotatable bonds is 11. The summed E-state index contributed by atoms with van der Waals surface area (Å²) in [5, 5.41) is 38.0. The van der Waals surface area contributed by atoms with Crippen molar-refractivity contribution in [3.05, 3.63) is 163 Å². The molecule has 0 amide bonds. The van der Waals surface area contributed by atoms with E-state index in [0.717, 1.165) is 84.5 Å². The fraction of sp³-hybridized carbons (Fsp3) is 0.208. The molecule has 1 atom stereocenters. The zero-order chi connectivity index (χ0) is 40.8. The van der Waals surface area contributed by atoms with Crippen LogP contribution in [0.5, 0.6) is 0 Å². The summed E-state index contributed by atoms with van der Waals surface area (Å²) in [5.41, 5.74) is 9.64. The number of nitrogens with one attached hydrogen (secondary N) is 1. The van der Waals surface area contributed by atoms with Crippen molar-refractivity contribution in [3.63, 3.8) is 0 Å². The van der Waals surface area contributed by atoms with Crippen LogP contribution in [0.3, 0.4) is 0 Å². The van der Waals surface area contributed by atoms with Gasteiger partial charge in [0.1, 0.15) is 0 Å². The molecule has 296 valence electrons. The molecule has 1 aliphatic carbocycles. The standard InChI is InChI=1S/C53H49N7/c1-4-36(3)54-48-29-30-50(43-12-6-5-11-42(43)48)57-58-52-33-34-53(47-16-10-9-15-46(47)52)60-59-51-32-31-49(44-13-7-8-14-45(44)51)56-55-41-27-25-40(26-28-41)39-23-21-38(22-24-39)37-19-17-35(2)18-20-37/h5-16,21-37,54H,4,17-20H2,1-3H3/b56-55+,58-57+,60-59+. The van der Waals surface area contributed by atoms with Gasteiger partial charge in [-0.25, -0.2) is 0 Å². The van der Waals surface area contributed by atoms with Crippen molar-refractivity contribution in [2.75, 3.05) is 5.32 Å². The molecule has 1 aliphatic rings. The molecule has 8 aromatic rings. The fourth-order valence-electron chi connectivity index (χ4n) is 8.34. The minimum absolute atomic E-state index is 0.372. The molecule has 1 N–H and O–H groups in total. The SMILES string of the molecule is CCC(C)Nc1ccc(/N=N/c2ccc(/N=N/c3ccc(/N=N/c4ccc(-c5ccc(C6CCC(C)CC6)cc5)cc4)c4ccccc34)c3ccccc23)c2ccccc12. The average molecular weight is 784 g/mol. The molecule has 1 saturated carbocycles. The number of nitrogens with zero attached hydrogens (tertiary/aromatic N) is 6. The summed E-state index contributed by atoms with van der Waals surface area (Å²) in [6.45, 7) is 6.76. The maximum absolute atomic E-state index is 4.77. The lowest BCUT2D eigenvalue weighted by atomic mass is 9.79. The second-order valence-electron chi connectivity index (χ2n) is 16.2. The largest absolute Gasteiger partial charge is 0.382 e. The maximum atomic E-state index is 4.77. The van der Waals surface area contributed by atoms with Crippen molar-refractivity contribution in [2.24, 2.45) is 36.6 Å². The van der Waals surface area contributed by atoms with Crippen LogP contribution in [0.4, 0.5) is 39.8 Å². The van der Waals surface area contributed by atoms with Crippen LogP contribution in [0, 0.1) is 5.92 Å². The molecular weight excluding hydrogens is 735 g/mol. The second kappa shape index (κ2) is 17.6. The first kappa shape index (κ1) is 38.6. The Hall–Kier alpha value is -6.86.